The first kappa shape index (κ1) is 11.4. The topological polar surface area (TPSA) is 37.3 Å². The third-order valence-electron chi connectivity index (χ3n) is 2.31. The molecule has 0 aliphatic rings. The van der Waals surface area contributed by atoms with Crippen LogP contribution in [0.25, 0.3) is 16.2 Å². The van der Waals surface area contributed by atoms with E-state index in [9.17, 15) is 4.79 Å². The molecule has 0 radical (unpaired) electrons. The minimum absolute atomic E-state index is 0.918. The molecule has 4 heteroatoms. The Morgan fingerprint density at radius 3 is 2.94 bits per heavy atom. The van der Waals surface area contributed by atoms with E-state index >= 15 is 0 Å². The van der Waals surface area contributed by atoms with E-state index in [2.05, 4.69) is 15.9 Å². The molecule has 1 N–H and O–H groups in total. The molecule has 0 aliphatic carbocycles. The van der Waals surface area contributed by atoms with Gasteiger partial charge in [0.15, 0.2) is 0 Å². The maximum Gasteiger partial charge on any atom is 0.328 e. The molecule has 2 nitrogen and oxygen atoms in total. The number of fused-ring (bicyclic) bond motifs is 1. The first-order valence-corrected chi connectivity index (χ1v) is 6.28. The molecule has 0 saturated heterocycles. The number of benzene rings is 1. The average molecular weight is 297 g/mol. The maximum absolute atomic E-state index is 10.5. The Kier molecular flexibility index (Phi) is 3.12. The highest BCUT2D eigenvalue weighted by molar-refractivity contribution is 9.10. The largest absolute Gasteiger partial charge is 0.478 e. The molecular weight excluding hydrogens is 288 g/mol. The number of aryl methyl sites for hydroxylation is 1. The Morgan fingerprint density at radius 1 is 1.50 bits per heavy atom. The predicted octanol–water partition coefficient (Wildman–Crippen LogP) is 4.07. The fraction of sp³-hybridized carbons (Fsp3) is 0.0833. The molecule has 1 aromatic heterocycles. The molecule has 0 bridgehead atoms. The third kappa shape index (κ3) is 2.18. The molecule has 2 aromatic rings. The quantitative estimate of drug-likeness (QED) is 0.848. The van der Waals surface area contributed by atoms with E-state index in [1.807, 2.05) is 25.1 Å². The second-order valence-electron chi connectivity index (χ2n) is 3.40. The molecule has 0 fully saturated rings. The van der Waals surface area contributed by atoms with Crippen molar-refractivity contribution in [1.82, 2.24) is 0 Å². The molecule has 0 saturated carbocycles. The van der Waals surface area contributed by atoms with Crippen molar-refractivity contribution in [1.29, 1.82) is 0 Å². The summed E-state index contributed by atoms with van der Waals surface area (Å²) in [5, 5.41) is 9.77. The number of carboxylic acids is 1. The van der Waals surface area contributed by atoms with Crippen LogP contribution in [0.15, 0.2) is 28.7 Å². The molecule has 0 unspecified atom stereocenters. The summed E-state index contributed by atoms with van der Waals surface area (Å²) in [5.41, 5.74) is 1.13. The van der Waals surface area contributed by atoms with Crippen molar-refractivity contribution in [3.63, 3.8) is 0 Å². The minimum atomic E-state index is -0.918. The molecule has 0 atom stereocenters. The zero-order valence-electron chi connectivity index (χ0n) is 8.53. The van der Waals surface area contributed by atoms with E-state index in [4.69, 9.17) is 5.11 Å². The van der Waals surface area contributed by atoms with Crippen LogP contribution in [0.2, 0.25) is 0 Å². The van der Waals surface area contributed by atoms with Crippen LogP contribution in [0.3, 0.4) is 0 Å². The zero-order chi connectivity index (χ0) is 11.7. The second kappa shape index (κ2) is 4.39. The smallest absolute Gasteiger partial charge is 0.328 e. The molecule has 1 heterocycles. The van der Waals surface area contributed by atoms with Crippen LogP contribution in [0, 0.1) is 6.92 Å². The van der Waals surface area contributed by atoms with Gasteiger partial charge in [-0.05, 0) is 36.1 Å². The third-order valence-corrected chi connectivity index (χ3v) is 4.03. The van der Waals surface area contributed by atoms with Gasteiger partial charge in [-0.2, -0.15) is 0 Å². The van der Waals surface area contributed by atoms with Crippen molar-refractivity contribution in [3.8, 4) is 0 Å². The highest BCUT2D eigenvalue weighted by Gasteiger charge is 2.06. The Balaban J connectivity index is 2.55. The minimum Gasteiger partial charge on any atom is -0.478 e. The van der Waals surface area contributed by atoms with Crippen LogP contribution in [-0.2, 0) is 4.79 Å². The standard InChI is InChI=1S/C12H9BrO2S/c1-7-9-3-2-8(13)6-11(9)16-10(7)4-5-12(14)15/h2-6H,1H3,(H,14,15)/b5-4+. The van der Waals surface area contributed by atoms with Crippen LogP contribution in [0.1, 0.15) is 10.4 Å². The van der Waals surface area contributed by atoms with Gasteiger partial charge in [0.25, 0.3) is 0 Å². The van der Waals surface area contributed by atoms with Crippen molar-refractivity contribution in [2.24, 2.45) is 0 Å². The summed E-state index contributed by atoms with van der Waals surface area (Å²) in [5.74, 6) is -0.918. The Hall–Kier alpha value is -1.13. The van der Waals surface area contributed by atoms with Gasteiger partial charge < -0.3 is 5.11 Å². The van der Waals surface area contributed by atoms with E-state index in [-0.39, 0.29) is 0 Å². The van der Waals surface area contributed by atoms with Crippen molar-refractivity contribution >= 4 is 49.4 Å². The highest BCUT2D eigenvalue weighted by Crippen LogP contribution is 2.33. The van der Waals surface area contributed by atoms with Gasteiger partial charge in [-0.25, -0.2) is 4.79 Å². The first-order valence-electron chi connectivity index (χ1n) is 4.67. The van der Waals surface area contributed by atoms with Gasteiger partial charge in [-0.3, -0.25) is 0 Å². The van der Waals surface area contributed by atoms with Crippen LogP contribution in [0.5, 0.6) is 0 Å². The number of hydrogen-bond acceptors (Lipinski definition) is 2. The van der Waals surface area contributed by atoms with E-state index < -0.39 is 5.97 Å². The normalized spacial score (nSPS) is 11.4. The highest BCUT2D eigenvalue weighted by atomic mass is 79.9. The number of aliphatic carboxylic acids is 1. The SMILES string of the molecule is Cc1c(/C=C/C(=O)O)sc2cc(Br)ccc12. The fourth-order valence-corrected chi connectivity index (χ4v) is 3.19. The van der Waals surface area contributed by atoms with Gasteiger partial charge in [-0.1, -0.05) is 22.0 Å². The van der Waals surface area contributed by atoms with Crippen molar-refractivity contribution in [3.05, 3.63) is 39.2 Å². The predicted molar refractivity (Wildman–Crippen MR) is 70.9 cm³/mol. The summed E-state index contributed by atoms with van der Waals surface area (Å²) in [6.07, 6.45) is 2.82. The van der Waals surface area contributed by atoms with E-state index in [1.54, 1.807) is 17.4 Å². The zero-order valence-corrected chi connectivity index (χ0v) is 10.9. The molecule has 0 amide bonds. The lowest BCUT2D eigenvalue weighted by Crippen LogP contribution is -1.85. The summed E-state index contributed by atoms with van der Waals surface area (Å²) in [4.78, 5) is 11.5. The lowest BCUT2D eigenvalue weighted by molar-refractivity contribution is -0.131. The van der Waals surface area contributed by atoms with Gasteiger partial charge in [-0.15, -0.1) is 11.3 Å². The molecular formula is C12H9BrO2S. The van der Waals surface area contributed by atoms with Crippen molar-refractivity contribution in [2.75, 3.05) is 0 Å². The Morgan fingerprint density at radius 2 is 2.25 bits per heavy atom. The summed E-state index contributed by atoms with van der Waals surface area (Å²) in [6, 6.07) is 6.08. The van der Waals surface area contributed by atoms with Crippen molar-refractivity contribution < 1.29 is 9.90 Å². The lowest BCUT2D eigenvalue weighted by Gasteiger charge is -1.92. The Bertz CT molecular complexity index is 584. The summed E-state index contributed by atoms with van der Waals surface area (Å²) < 4.78 is 2.20. The number of halogens is 1. The van der Waals surface area contributed by atoms with Gasteiger partial charge in [0.2, 0.25) is 0 Å². The molecule has 16 heavy (non-hydrogen) atoms. The first-order chi connectivity index (χ1) is 7.58. The van der Waals surface area contributed by atoms with Crippen LogP contribution in [0.4, 0.5) is 0 Å². The van der Waals surface area contributed by atoms with Crippen LogP contribution >= 0.6 is 27.3 Å². The summed E-state index contributed by atoms with van der Waals surface area (Å²) >= 11 is 5.02. The number of thiophene rings is 1. The monoisotopic (exact) mass is 296 g/mol. The van der Waals surface area contributed by atoms with E-state index in [0.717, 1.165) is 19.6 Å². The number of hydrogen-bond donors (Lipinski definition) is 1. The maximum atomic E-state index is 10.5. The van der Waals surface area contributed by atoms with Gasteiger partial charge in [0.05, 0.1) is 0 Å². The fourth-order valence-electron chi connectivity index (χ4n) is 1.52. The molecule has 82 valence electrons. The molecule has 0 spiro atoms. The lowest BCUT2D eigenvalue weighted by atomic mass is 10.1. The number of carbonyl (C=O) groups is 1. The van der Waals surface area contributed by atoms with Gasteiger partial charge in [0, 0.05) is 20.1 Å². The van der Waals surface area contributed by atoms with E-state index in [1.165, 1.54) is 11.5 Å². The van der Waals surface area contributed by atoms with Crippen LogP contribution in [-0.4, -0.2) is 11.1 Å². The summed E-state index contributed by atoms with van der Waals surface area (Å²) in [6.45, 7) is 2.01. The van der Waals surface area contributed by atoms with Crippen molar-refractivity contribution in [2.45, 2.75) is 6.92 Å². The summed E-state index contributed by atoms with van der Waals surface area (Å²) in [7, 11) is 0. The Labute approximate surface area is 105 Å². The number of carboxylic acid groups (broad SMARTS) is 1. The van der Waals surface area contributed by atoms with E-state index in [0.29, 0.717) is 0 Å². The molecule has 2 rings (SSSR count). The molecule has 1 aromatic carbocycles. The van der Waals surface area contributed by atoms with Gasteiger partial charge >= 0.3 is 5.97 Å². The molecule has 0 aliphatic heterocycles. The van der Waals surface area contributed by atoms with Gasteiger partial charge in [0.1, 0.15) is 0 Å². The average Bonchev–Trinajstić information content (AvgIpc) is 2.52. The number of rotatable bonds is 2. The van der Waals surface area contributed by atoms with Crippen LogP contribution < -0.4 is 0 Å². The second-order valence-corrected chi connectivity index (χ2v) is 5.40.